The average molecular weight is 421 g/mol. The number of benzene rings is 2. The van der Waals surface area contributed by atoms with Gasteiger partial charge in [-0.15, -0.1) is 4.98 Å². The van der Waals surface area contributed by atoms with Gasteiger partial charge in [0, 0.05) is 5.56 Å². The Balaban J connectivity index is 1.90. The van der Waals surface area contributed by atoms with Gasteiger partial charge in [0.05, 0.1) is 7.11 Å². The van der Waals surface area contributed by atoms with E-state index >= 15 is 0 Å². The summed E-state index contributed by atoms with van der Waals surface area (Å²) < 4.78 is 16.8. The maximum absolute atomic E-state index is 11.8. The molecular weight excluding hydrogens is 398 g/mol. The third-order valence-corrected chi connectivity index (χ3v) is 4.45. The topological polar surface area (TPSA) is 104 Å². The molecule has 3 rings (SSSR count). The number of nitrogens with zero attached hydrogens (tertiary/aromatic N) is 3. The summed E-state index contributed by atoms with van der Waals surface area (Å²) in [6.45, 7) is 3.66. The molecular formula is C23H23N3O5. The number of aliphatic carboxylic acids is 1. The van der Waals surface area contributed by atoms with Gasteiger partial charge in [-0.25, -0.2) is 4.79 Å². The van der Waals surface area contributed by atoms with Crippen molar-refractivity contribution in [3.05, 3.63) is 71.7 Å². The molecule has 1 N–H and O–H groups in total. The van der Waals surface area contributed by atoms with E-state index < -0.39 is 5.97 Å². The van der Waals surface area contributed by atoms with E-state index in [1.165, 1.54) is 13.4 Å². The first-order valence-corrected chi connectivity index (χ1v) is 9.73. The molecule has 0 spiro atoms. The molecule has 31 heavy (non-hydrogen) atoms. The molecule has 0 amide bonds. The highest BCUT2D eigenvalue weighted by Crippen LogP contribution is 2.32. The number of para-hydroxylation sites is 2. The van der Waals surface area contributed by atoms with Crippen LogP contribution in [-0.2, 0) is 16.0 Å². The first-order chi connectivity index (χ1) is 15.0. The Morgan fingerprint density at radius 3 is 2.23 bits per heavy atom. The lowest BCUT2D eigenvalue weighted by Crippen LogP contribution is -2.06. The van der Waals surface area contributed by atoms with Crippen molar-refractivity contribution in [3.63, 3.8) is 0 Å². The van der Waals surface area contributed by atoms with E-state index in [9.17, 15) is 9.90 Å². The summed E-state index contributed by atoms with van der Waals surface area (Å²) in [6, 6.07) is 14.4. The standard InChI is InChI=1S/C23H23N3O5/c1-4-9-16-10-5-7-12-18(16)30-22-24-14-25-23(26-22)31-19-13-8-6-11-17(19)20(21(27)28)15(2)29-3/h5-8,10-14H,4,9H2,1-3H3,(H,27,28)/b20-15+. The van der Waals surface area contributed by atoms with Crippen LogP contribution in [0.25, 0.3) is 5.57 Å². The Hall–Kier alpha value is -3.94. The van der Waals surface area contributed by atoms with Gasteiger partial charge in [0.2, 0.25) is 0 Å². The second-order valence-corrected chi connectivity index (χ2v) is 6.55. The molecule has 0 aliphatic carbocycles. The Kier molecular flexibility index (Phi) is 7.16. The second-order valence-electron chi connectivity index (χ2n) is 6.55. The zero-order valence-electron chi connectivity index (χ0n) is 17.5. The number of hydrogen-bond donors (Lipinski definition) is 1. The SMILES string of the molecule is CCCc1ccccc1Oc1ncnc(Oc2ccccc2/C(C(=O)O)=C(/C)OC)n1. The smallest absolute Gasteiger partial charge is 0.339 e. The van der Waals surface area contributed by atoms with E-state index in [1.807, 2.05) is 24.3 Å². The molecule has 0 saturated heterocycles. The van der Waals surface area contributed by atoms with Crippen LogP contribution in [0.3, 0.4) is 0 Å². The number of carboxylic acid groups (broad SMARTS) is 1. The Bertz CT molecular complexity index is 1100. The van der Waals surface area contributed by atoms with Gasteiger partial charge in [-0.05, 0) is 31.0 Å². The Morgan fingerprint density at radius 1 is 0.968 bits per heavy atom. The molecule has 0 aliphatic rings. The van der Waals surface area contributed by atoms with Crippen molar-refractivity contribution in [1.82, 2.24) is 15.0 Å². The normalized spacial score (nSPS) is 11.5. The lowest BCUT2D eigenvalue weighted by Gasteiger charge is -2.13. The molecule has 0 unspecified atom stereocenters. The number of methoxy groups -OCH3 is 1. The van der Waals surface area contributed by atoms with E-state index in [0.29, 0.717) is 11.3 Å². The summed E-state index contributed by atoms with van der Waals surface area (Å²) in [5.41, 5.74) is 1.37. The van der Waals surface area contributed by atoms with E-state index in [1.54, 1.807) is 31.2 Å². The summed E-state index contributed by atoms with van der Waals surface area (Å²) in [5.74, 6) is 0.0342. The second kappa shape index (κ2) is 10.2. The molecule has 0 radical (unpaired) electrons. The lowest BCUT2D eigenvalue weighted by molar-refractivity contribution is -0.130. The number of aryl methyl sites for hydroxylation is 1. The van der Waals surface area contributed by atoms with Crippen LogP contribution in [0.15, 0.2) is 60.6 Å². The summed E-state index contributed by atoms with van der Waals surface area (Å²) in [4.78, 5) is 24.1. The van der Waals surface area contributed by atoms with Crippen LogP contribution < -0.4 is 9.47 Å². The fraction of sp³-hybridized carbons (Fsp3) is 0.217. The molecule has 8 heteroatoms. The van der Waals surface area contributed by atoms with Crippen LogP contribution in [0.4, 0.5) is 0 Å². The van der Waals surface area contributed by atoms with Gasteiger partial charge in [-0.1, -0.05) is 49.7 Å². The first-order valence-electron chi connectivity index (χ1n) is 9.73. The number of allylic oxidation sites excluding steroid dienone is 1. The molecule has 160 valence electrons. The van der Waals surface area contributed by atoms with E-state index in [-0.39, 0.29) is 29.1 Å². The predicted octanol–water partition coefficient (Wildman–Crippen LogP) is 4.87. The predicted molar refractivity (Wildman–Crippen MR) is 114 cm³/mol. The zero-order chi connectivity index (χ0) is 22.2. The summed E-state index contributed by atoms with van der Waals surface area (Å²) in [7, 11) is 1.41. The highest BCUT2D eigenvalue weighted by atomic mass is 16.5. The molecule has 0 saturated carbocycles. The number of aromatic nitrogens is 3. The molecule has 0 aliphatic heterocycles. The van der Waals surface area contributed by atoms with Gasteiger partial charge in [-0.2, -0.15) is 9.97 Å². The minimum Gasteiger partial charge on any atom is -0.500 e. The highest BCUT2D eigenvalue weighted by molar-refractivity contribution is 6.16. The number of hydrogen-bond acceptors (Lipinski definition) is 7. The molecule has 0 fully saturated rings. The van der Waals surface area contributed by atoms with Crippen LogP contribution >= 0.6 is 0 Å². The maximum atomic E-state index is 11.8. The number of carboxylic acids is 1. The fourth-order valence-electron chi connectivity index (χ4n) is 2.96. The van der Waals surface area contributed by atoms with Crippen LogP contribution in [0.2, 0.25) is 0 Å². The number of ether oxygens (including phenoxy) is 3. The van der Waals surface area contributed by atoms with E-state index in [2.05, 4.69) is 21.9 Å². The van der Waals surface area contributed by atoms with Crippen molar-refractivity contribution < 1.29 is 24.1 Å². The molecule has 1 heterocycles. The minimum absolute atomic E-state index is 0.0166. The zero-order valence-corrected chi connectivity index (χ0v) is 17.5. The summed E-state index contributed by atoms with van der Waals surface area (Å²) in [5, 5.41) is 9.64. The van der Waals surface area contributed by atoms with E-state index in [0.717, 1.165) is 18.4 Å². The summed E-state index contributed by atoms with van der Waals surface area (Å²) >= 11 is 0. The molecule has 8 nitrogen and oxygen atoms in total. The van der Waals surface area contributed by atoms with Crippen molar-refractivity contribution in [1.29, 1.82) is 0 Å². The molecule has 2 aromatic carbocycles. The quantitative estimate of drug-likeness (QED) is 0.385. The van der Waals surface area contributed by atoms with Crippen LogP contribution in [0, 0.1) is 0 Å². The van der Waals surface area contributed by atoms with Gasteiger partial charge in [0.25, 0.3) is 0 Å². The summed E-state index contributed by atoms with van der Waals surface area (Å²) in [6.07, 6.45) is 3.11. The minimum atomic E-state index is -1.14. The van der Waals surface area contributed by atoms with Gasteiger partial charge in [0.1, 0.15) is 29.2 Å². The van der Waals surface area contributed by atoms with Crippen LogP contribution in [-0.4, -0.2) is 33.1 Å². The Morgan fingerprint density at radius 2 is 1.58 bits per heavy atom. The lowest BCUT2D eigenvalue weighted by atomic mass is 10.0. The van der Waals surface area contributed by atoms with Gasteiger partial charge >= 0.3 is 18.0 Å². The van der Waals surface area contributed by atoms with Crippen LogP contribution in [0.5, 0.6) is 23.5 Å². The Labute approximate surface area is 180 Å². The van der Waals surface area contributed by atoms with Gasteiger partial charge in [-0.3, -0.25) is 0 Å². The van der Waals surface area contributed by atoms with Crippen molar-refractivity contribution in [2.45, 2.75) is 26.7 Å². The molecule has 0 bridgehead atoms. The third-order valence-electron chi connectivity index (χ3n) is 4.45. The van der Waals surface area contributed by atoms with E-state index in [4.69, 9.17) is 14.2 Å². The maximum Gasteiger partial charge on any atom is 0.339 e. The number of carbonyl (C=O) groups is 1. The number of rotatable bonds is 9. The molecule has 0 atom stereocenters. The fourth-order valence-corrected chi connectivity index (χ4v) is 2.96. The molecule has 3 aromatic rings. The molecule has 1 aromatic heterocycles. The van der Waals surface area contributed by atoms with Crippen molar-refractivity contribution in [2.24, 2.45) is 0 Å². The van der Waals surface area contributed by atoms with Crippen molar-refractivity contribution in [3.8, 4) is 23.5 Å². The average Bonchev–Trinajstić information content (AvgIpc) is 2.76. The van der Waals surface area contributed by atoms with Gasteiger partial charge < -0.3 is 19.3 Å². The third kappa shape index (κ3) is 5.36. The monoisotopic (exact) mass is 421 g/mol. The van der Waals surface area contributed by atoms with Crippen molar-refractivity contribution >= 4 is 11.5 Å². The van der Waals surface area contributed by atoms with Crippen molar-refractivity contribution in [2.75, 3.05) is 7.11 Å². The highest BCUT2D eigenvalue weighted by Gasteiger charge is 2.20. The first kappa shape index (κ1) is 21.8. The van der Waals surface area contributed by atoms with Crippen LogP contribution in [0.1, 0.15) is 31.4 Å². The van der Waals surface area contributed by atoms with Gasteiger partial charge in [0.15, 0.2) is 0 Å². The largest absolute Gasteiger partial charge is 0.500 e.